The molecule has 4 nitrogen and oxygen atoms in total. The summed E-state index contributed by atoms with van der Waals surface area (Å²) in [6.45, 7) is 3.45. The summed E-state index contributed by atoms with van der Waals surface area (Å²) < 4.78 is 7.36. The van der Waals surface area contributed by atoms with Gasteiger partial charge in [0.05, 0.1) is 31.3 Å². The van der Waals surface area contributed by atoms with E-state index in [9.17, 15) is 0 Å². The highest BCUT2D eigenvalue weighted by Crippen LogP contribution is 2.66. The predicted octanol–water partition coefficient (Wildman–Crippen LogP) is 3.21. The minimum Gasteiger partial charge on any atom is -0.359 e. The zero-order valence-corrected chi connectivity index (χ0v) is 19.4. The van der Waals surface area contributed by atoms with Crippen LogP contribution in [-0.2, 0) is 11.3 Å². The van der Waals surface area contributed by atoms with Crippen molar-refractivity contribution in [3.63, 3.8) is 0 Å². The highest BCUT2D eigenvalue weighted by atomic mass is 16.5. The van der Waals surface area contributed by atoms with Crippen LogP contribution in [0, 0.1) is 11.3 Å². The van der Waals surface area contributed by atoms with Crippen LogP contribution in [0.3, 0.4) is 0 Å². The van der Waals surface area contributed by atoms with E-state index in [-0.39, 0.29) is 16.6 Å². The van der Waals surface area contributed by atoms with Crippen molar-refractivity contribution in [2.45, 2.75) is 88.1 Å². The maximum Gasteiger partial charge on any atom is 0.0975 e. The van der Waals surface area contributed by atoms with Crippen LogP contribution in [0.1, 0.15) is 63.9 Å². The molecule has 4 heteroatoms. The van der Waals surface area contributed by atoms with Crippen molar-refractivity contribution >= 4 is 0 Å². The molecule has 2 bridgehead atoms. The third-order valence-electron chi connectivity index (χ3n) is 9.77. The number of allylic oxidation sites excluding steroid dienone is 1. The zero-order valence-electron chi connectivity index (χ0n) is 19.4. The van der Waals surface area contributed by atoms with Crippen LogP contribution in [0.25, 0.3) is 0 Å². The first-order valence-corrected chi connectivity index (χ1v) is 12.5. The number of rotatable bonds is 4. The number of pyridine rings is 1. The van der Waals surface area contributed by atoms with E-state index < -0.39 is 0 Å². The lowest BCUT2D eigenvalue weighted by molar-refractivity contribution is -0.887. The summed E-state index contributed by atoms with van der Waals surface area (Å²) in [6.07, 6.45) is 18.9. The Labute approximate surface area is 187 Å². The molecule has 2 aliphatic heterocycles. The molecule has 3 heterocycles. The van der Waals surface area contributed by atoms with Crippen molar-refractivity contribution in [3.8, 4) is 0 Å². The van der Waals surface area contributed by atoms with Crippen LogP contribution >= 0.6 is 0 Å². The van der Waals surface area contributed by atoms with Crippen molar-refractivity contribution in [1.82, 2.24) is 10.3 Å². The molecule has 31 heavy (non-hydrogen) atoms. The second kappa shape index (κ2) is 7.00. The van der Waals surface area contributed by atoms with E-state index in [0.717, 1.165) is 12.6 Å². The number of aromatic nitrogens is 1. The van der Waals surface area contributed by atoms with Crippen LogP contribution in [-0.4, -0.2) is 42.4 Å². The molecule has 1 aromatic rings. The second-order valence-corrected chi connectivity index (χ2v) is 11.5. The van der Waals surface area contributed by atoms with Crippen molar-refractivity contribution in [3.05, 3.63) is 53.4 Å². The van der Waals surface area contributed by atoms with Crippen molar-refractivity contribution < 1.29 is 9.64 Å². The van der Waals surface area contributed by atoms with E-state index in [1.54, 1.807) is 10.5 Å². The Kier molecular flexibility index (Phi) is 4.55. The first kappa shape index (κ1) is 20.1. The highest BCUT2D eigenvalue weighted by molar-refractivity contribution is 5.47. The average Bonchev–Trinajstić information content (AvgIpc) is 3.27. The molecule has 0 radical (unpaired) electrons. The minimum absolute atomic E-state index is 0.0248. The summed E-state index contributed by atoms with van der Waals surface area (Å²) in [6, 6.07) is 5.48. The predicted molar refractivity (Wildman–Crippen MR) is 123 cm³/mol. The fourth-order valence-electron chi connectivity index (χ4n) is 7.98. The summed E-state index contributed by atoms with van der Waals surface area (Å²) >= 11 is 0. The largest absolute Gasteiger partial charge is 0.359 e. The van der Waals surface area contributed by atoms with Crippen LogP contribution in [0.15, 0.2) is 47.8 Å². The Balaban J connectivity index is 1.29. The Morgan fingerprint density at radius 3 is 2.94 bits per heavy atom. The van der Waals surface area contributed by atoms with Gasteiger partial charge in [-0.05, 0) is 72.6 Å². The van der Waals surface area contributed by atoms with Gasteiger partial charge in [-0.1, -0.05) is 25.1 Å². The molecule has 5 aliphatic rings. The molecule has 2 spiro atoms. The van der Waals surface area contributed by atoms with Crippen molar-refractivity contribution in [2.24, 2.45) is 11.3 Å². The van der Waals surface area contributed by atoms with Gasteiger partial charge in [-0.2, -0.15) is 0 Å². The number of hydrogen-bond donors (Lipinski definition) is 2. The monoisotopic (exact) mass is 420 g/mol. The van der Waals surface area contributed by atoms with Crippen LogP contribution in [0.2, 0.25) is 0 Å². The molecule has 6 rings (SSSR count). The lowest BCUT2D eigenvalue weighted by atomic mass is 9.60. The van der Waals surface area contributed by atoms with Gasteiger partial charge in [0.25, 0.3) is 0 Å². The van der Waals surface area contributed by atoms with Crippen molar-refractivity contribution in [1.29, 1.82) is 0 Å². The van der Waals surface area contributed by atoms with Gasteiger partial charge in [0.2, 0.25) is 0 Å². The maximum atomic E-state index is 7.36. The lowest BCUT2D eigenvalue weighted by Crippen LogP contribution is -3.10. The van der Waals surface area contributed by atoms with Gasteiger partial charge in [0, 0.05) is 37.8 Å². The first-order chi connectivity index (χ1) is 15.0. The Bertz CT molecular complexity index is 924. The standard InChI is InChI=1S/C27H37N3O/c1-25-11-10-21-15-20-6-7-22(30(2)3)16-26(20)12-13-27(21,31-26)23(25)8-9-24(25)29-18-19-5-4-14-28-17-19/h4-5,10,14-15,17,22-24,29H,6-9,11-13,16,18H2,1-3H3/p+1/t22?,23-,24?,25?,26-,27-/m1/s1. The molecular formula is C27H38N3O+. The third kappa shape index (κ3) is 2.87. The number of quaternary nitrogens is 1. The second-order valence-electron chi connectivity index (χ2n) is 11.5. The first-order valence-electron chi connectivity index (χ1n) is 12.5. The van der Waals surface area contributed by atoms with E-state index >= 15 is 0 Å². The van der Waals surface area contributed by atoms with Crippen LogP contribution < -0.4 is 10.2 Å². The topological polar surface area (TPSA) is 38.6 Å². The number of nitrogens with one attached hydrogen (secondary N) is 2. The average molecular weight is 421 g/mol. The summed E-state index contributed by atoms with van der Waals surface area (Å²) in [5.41, 5.74) is 4.67. The van der Waals surface area contributed by atoms with Gasteiger partial charge in [-0.3, -0.25) is 4.98 Å². The normalized spacial score (nSPS) is 43.2. The fourth-order valence-corrected chi connectivity index (χ4v) is 7.98. The van der Waals surface area contributed by atoms with E-state index in [2.05, 4.69) is 49.5 Å². The molecule has 3 fully saturated rings. The molecule has 0 aromatic carbocycles. The SMILES string of the molecule is C[NH+](C)C1CCC2=CC3=CCC4(C)C(NCc5cccnc5)CC[C@H]4[C@@]34CC[C@]2(C1)O4. The van der Waals surface area contributed by atoms with E-state index in [1.165, 1.54) is 62.5 Å². The molecule has 3 aliphatic carbocycles. The van der Waals surface area contributed by atoms with Gasteiger partial charge in [0.1, 0.15) is 0 Å². The molecule has 3 unspecified atom stereocenters. The Morgan fingerprint density at radius 1 is 1.23 bits per heavy atom. The molecule has 6 atom stereocenters. The number of hydrogen-bond acceptors (Lipinski definition) is 3. The molecule has 1 saturated heterocycles. The number of ether oxygens (including phenoxy) is 1. The van der Waals surface area contributed by atoms with Gasteiger partial charge in [-0.15, -0.1) is 0 Å². The van der Waals surface area contributed by atoms with Gasteiger partial charge in [0.15, 0.2) is 0 Å². The smallest absolute Gasteiger partial charge is 0.0975 e. The maximum absolute atomic E-state index is 7.36. The summed E-state index contributed by atoms with van der Waals surface area (Å²) in [5, 5.41) is 3.92. The van der Waals surface area contributed by atoms with E-state index in [0.29, 0.717) is 12.0 Å². The Morgan fingerprint density at radius 2 is 2.13 bits per heavy atom. The highest BCUT2D eigenvalue weighted by Gasteiger charge is 2.66. The summed E-state index contributed by atoms with van der Waals surface area (Å²) in [7, 11) is 4.64. The number of nitrogens with zero attached hydrogens (tertiary/aromatic N) is 1. The molecule has 0 amide bonds. The van der Waals surface area contributed by atoms with Crippen LogP contribution in [0.4, 0.5) is 0 Å². The molecule has 2 saturated carbocycles. The Hall–Kier alpha value is -1.49. The van der Waals surface area contributed by atoms with E-state index in [4.69, 9.17) is 4.74 Å². The van der Waals surface area contributed by atoms with Gasteiger partial charge in [-0.25, -0.2) is 0 Å². The minimum atomic E-state index is -0.0369. The fraction of sp³-hybridized carbons (Fsp3) is 0.667. The van der Waals surface area contributed by atoms with Crippen molar-refractivity contribution in [2.75, 3.05) is 14.1 Å². The van der Waals surface area contributed by atoms with E-state index in [1.807, 2.05) is 18.5 Å². The third-order valence-corrected chi connectivity index (χ3v) is 9.77. The van der Waals surface area contributed by atoms with Gasteiger partial charge >= 0.3 is 0 Å². The summed E-state index contributed by atoms with van der Waals surface area (Å²) in [5.74, 6) is 0.621. The molecule has 2 N–H and O–H groups in total. The quantitative estimate of drug-likeness (QED) is 0.786. The summed E-state index contributed by atoms with van der Waals surface area (Å²) in [4.78, 5) is 5.88. The molecule has 1 aromatic heterocycles. The zero-order chi connectivity index (χ0) is 21.3. The van der Waals surface area contributed by atoms with Gasteiger partial charge < -0.3 is 15.0 Å². The van der Waals surface area contributed by atoms with Crippen LogP contribution in [0.5, 0.6) is 0 Å². The number of fused-ring (bicyclic) bond motifs is 1. The lowest BCUT2D eigenvalue weighted by Gasteiger charge is -2.54. The molecular weight excluding hydrogens is 382 g/mol. The molecule has 166 valence electrons.